The zero-order valence-corrected chi connectivity index (χ0v) is 22.2. The minimum atomic E-state index is -0.343. The number of fused-ring (bicyclic) bond motifs is 2. The van der Waals surface area contributed by atoms with Crippen LogP contribution in [0.5, 0.6) is 0 Å². The van der Waals surface area contributed by atoms with Crippen molar-refractivity contribution >= 4 is 23.2 Å². The number of carbonyl (C=O) groups is 1. The molecule has 0 unspecified atom stereocenters. The molecule has 8 heteroatoms. The summed E-state index contributed by atoms with van der Waals surface area (Å²) in [6, 6.07) is 21.7. The maximum absolute atomic E-state index is 14.5. The highest BCUT2D eigenvalue weighted by molar-refractivity contribution is 6.33. The van der Waals surface area contributed by atoms with Crippen LogP contribution in [0.25, 0.3) is 11.3 Å². The molecule has 0 saturated carbocycles. The number of hydrogen-bond donors (Lipinski definition) is 0. The molecule has 2 aliphatic heterocycles. The number of carbonyl (C=O) groups excluding carboxylic acids is 1. The molecule has 3 heterocycles. The van der Waals surface area contributed by atoms with E-state index in [1.165, 1.54) is 6.07 Å². The van der Waals surface area contributed by atoms with Crippen LogP contribution >= 0.6 is 11.6 Å². The van der Waals surface area contributed by atoms with Crippen LogP contribution in [0, 0.1) is 24.1 Å². The molecular formula is C31H26ClFN4O2. The first-order valence-electron chi connectivity index (χ1n) is 12.9. The van der Waals surface area contributed by atoms with Crippen molar-refractivity contribution < 1.29 is 13.7 Å². The van der Waals surface area contributed by atoms with Crippen LogP contribution in [0.2, 0.25) is 5.02 Å². The van der Waals surface area contributed by atoms with Crippen molar-refractivity contribution in [3.63, 3.8) is 0 Å². The van der Waals surface area contributed by atoms with Gasteiger partial charge in [0.05, 0.1) is 16.7 Å². The van der Waals surface area contributed by atoms with Gasteiger partial charge in [-0.3, -0.25) is 9.69 Å². The fourth-order valence-corrected chi connectivity index (χ4v) is 6.15. The van der Waals surface area contributed by atoms with Crippen LogP contribution in [0.4, 0.5) is 10.1 Å². The summed E-state index contributed by atoms with van der Waals surface area (Å²) in [6.07, 6.45) is 1.59. The Hall–Kier alpha value is -3.99. The molecule has 1 aromatic heterocycles. The number of aryl methyl sites for hydroxylation is 1. The molecule has 39 heavy (non-hydrogen) atoms. The van der Waals surface area contributed by atoms with Gasteiger partial charge < -0.3 is 9.42 Å². The first-order valence-corrected chi connectivity index (χ1v) is 13.3. The van der Waals surface area contributed by atoms with Gasteiger partial charge in [0.15, 0.2) is 0 Å². The molecule has 0 radical (unpaired) electrons. The number of halogens is 2. The average Bonchev–Trinajstić information content (AvgIpc) is 3.48. The number of aromatic nitrogens is 1. The van der Waals surface area contributed by atoms with Crippen molar-refractivity contribution in [1.29, 1.82) is 5.26 Å². The molecule has 0 N–H and O–H groups in total. The number of nitriles is 1. The first kappa shape index (κ1) is 25.3. The highest BCUT2D eigenvalue weighted by atomic mass is 35.5. The SMILES string of the molecule is Cc1onc(-c2ccccc2Cl)c1C(=O)N1CC2(CCN(Cc3ccc(C#N)cc3)CC2)c2cc(F)ccc21. The van der Waals surface area contributed by atoms with Gasteiger partial charge in [0.1, 0.15) is 22.8 Å². The number of nitrogens with zero attached hydrogens (tertiary/aromatic N) is 4. The quantitative estimate of drug-likeness (QED) is 0.295. The van der Waals surface area contributed by atoms with Crippen molar-refractivity contribution in [2.75, 3.05) is 24.5 Å². The molecule has 4 aromatic rings. The fourth-order valence-electron chi connectivity index (χ4n) is 5.93. The monoisotopic (exact) mass is 540 g/mol. The third kappa shape index (κ3) is 4.50. The molecule has 3 aromatic carbocycles. The van der Waals surface area contributed by atoms with E-state index in [1.807, 2.05) is 42.5 Å². The molecule has 0 atom stereocenters. The summed E-state index contributed by atoms with van der Waals surface area (Å²) in [6.45, 7) is 4.59. The summed E-state index contributed by atoms with van der Waals surface area (Å²) in [7, 11) is 0. The van der Waals surface area contributed by atoms with Gasteiger partial charge in [0.2, 0.25) is 0 Å². The molecule has 0 bridgehead atoms. The van der Waals surface area contributed by atoms with Crippen molar-refractivity contribution in [2.45, 2.75) is 31.7 Å². The van der Waals surface area contributed by atoms with Gasteiger partial charge >= 0.3 is 0 Å². The van der Waals surface area contributed by atoms with E-state index in [0.717, 1.165) is 49.3 Å². The summed E-state index contributed by atoms with van der Waals surface area (Å²) >= 11 is 6.44. The maximum atomic E-state index is 14.5. The smallest absolute Gasteiger partial charge is 0.264 e. The summed E-state index contributed by atoms with van der Waals surface area (Å²) in [4.78, 5) is 18.2. The zero-order valence-electron chi connectivity index (χ0n) is 21.5. The fraction of sp³-hybridized carbons (Fsp3) is 0.258. The lowest BCUT2D eigenvalue weighted by molar-refractivity contribution is 0.0974. The number of likely N-dealkylation sites (tertiary alicyclic amines) is 1. The molecular weight excluding hydrogens is 515 g/mol. The molecule has 1 saturated heterocycles. The van der Waals surface area contributed by atoms with Crippen molar-refractivity contribution in [2.24, 2.45) is 0 Å². The number of hydrogen-bond acceptors (Lipinski definition) is 5. The minimum absolute atomic E-state index is 0.228. The van der Waals surface area contributed by atoms with Gasteiger partial charge in [-0.15, -0.1) is 0 Å². The molecule has 6 rings (SSSR count). The van der Waals surface area contributed by atoms with E-state index < -0.39 is 0 Å². The lowest BCUT2D eigenvalue weighted by Gasteiger charge is -2.40. The largest absolute Gasteiger partial charge is 0.360 e. The van der Waals surface area contributed by atoms with Crippen LogP contribution in [-0.2, 0) is 12.0 Å². The van der Waals surface area contributed by atoms with E-state index in [9.17, 15) is 9.18 Å². The molecule has 1 amide bonds. The second-order valence-electron chi connectivity index (χ2n) is 10.4. The van der Waals surface area contributed by atoms with Gasteiger partial charge in [-0.2, -0.15) is 5.26 Å². The van der Waals surface area contributed by atoms with E-state index in [1.54, 1.807) is 30.0 Å². The normalized spacial score (nSPS) is 16.3. The Morgan fingerprint density at radius 2 is 1.87 bits per heavy atom. The standard InChI is InChI=1S/C31H26ClFN4O2/c1-20-28(29(35-39-20)24-4-2-3-5-26(24)32)30(38)37-19-31(25-16-23(33)10-11-27(25)37)12-14-36(15-13-31)18-22-8-6-21(17-34)7-9-22/h2-11,16H,12-15,18-19H2,1H3. The maximum Gasteiger partial charge on any atom is 0.264 e. The zero-order chi connectivity index (χ0) is 27.1. The Kier molecular flexibility index (Phi) is 6.46. The molecule has 0 aliphatic carbocycles. The van der Waals surface area contributed by atoms with Gasteiger partial charge in [-0.25, -0.2) is 4.39 Å². The predicted molar refractivity (Wildman–Crippen MR) is 147 cm³/mol. The Morgan fingerprint density at radius 3 is 2.59 bits per heavy atom. The van der Waals surface area contributed by atoms with Crippen LogP contribution in [0.15, 0.2) is 71.3 Å². The molecule has 6 nitrogen and oxygen atoms in total. The topological polar surface area (TPSA) is 73.4 Å². The van der Waals surface area contributed by atoms with Crippen LogP contribution in [0.3, 0.4) is 0 Å². The lowest BCUT2D eigenvalue weighted by Crippen LogP contribution is -2.45. The molecule has 196 valence electrons. The van der Waals surface area contributed by atoms with Crippen molar-refractivity contribution in [3.05, 3.63) is 106 Å². The molecule has 2 aliphatic rings. The number of anilines is 1. The Balaban J connectivity index is 1.28. The highest BCUT2D eigenvalue weighted by Gasteiger charge is 2.47. The first-order chi connectivity index (χ1) is 18.9. The minimum Gasteiger partial charge on any atom is -0.360 e. The number of piperidine rings is 1. The van der Waals surface area contributed by atoms with Crippen molar-refractivity contribution in [3.8, 4) is 17.3 Å². The van der Waals surface area contributed by atoms with Crippen molar-refractivity contribution in [1.82, 2.24) is 10.1 Å². The summed E-state index contributed by atoms with van der Waals surface area (Å²) < 4.78 is 20.0. The third-order valence-electron chi connectivity index (χ3n) is 8.03. The number of benzene rings is 3. The molecule has 1 fully saturated rings. The predicted octanol–water partition coefficient (Wildman–Crippen LogP) is 6.51. The van der Waals surface area contributed by atoms with Gasteiger partial charge in [0, 0.05) is 29.8 Å². The van der Waals surface area contributed by atoms with E-state index in [0.29, 0.717) is 39.7 Å². The van der Waals surface area contributed by atoms with Gasteiger partial charge in [-0.05, 0) is 80.4 Å². The Labute approximate surface area is 231 Å². The Morgan fingerprint density at radius 1 is 1.13 bits per heavy atom. The Bertz CT molecular complexity index is 1600. The number of rotatable bonds is 4. The average molecular weight is 541 g/mol. The van der Waals surface area contributed by atoms with Gasteiger partial charge in [-0.1, -0.05) is 47.1 Å². The second-order valence-corrected chi connectivity index (χ2v) is 10.8. The summed E-state index contributed by atoms with van der Waals surface area (Å²) in [5, 5.41) is 13.7. The van der Waals surface area contributed by atoms with E-state index in [-0.39, 0.29) is 17.1 Å². The summed E-state index contributed by atoms with van der Waals surface area (Å²) in [5.41, 5.74) is 4.46. The third-order valence-corrected chi connectivity index (χ3v) is 8.36. The summed E-state index contributed by atoms with van der Waals surface area (Å²) in [5.74, 6) is -0.120. The van der Waals surface area contributed by atoms with Crippen LogP contribution in [0.1, 0.15) is 45.7 Å². The van der Waals surface area contributed by atoms with Crippen LogP contribution in [-0.4, -0.2) is 35.6 Å². The lowest BCUT2D eigenvalue weighted by atomic mass is 9.74. The number of amides is 1. The second kappa shape index (κ2) is 9.96. The highest BCUT2D eigenvalue weighted by Crippen LogP contribution is 2.48. The molecule has 1 spiro atoms. The van der Waals surface area contributed by atoms with E-state index >= 15 is 0 Å². The van der Waals surface area contributed by atoms with E-state index in [2.05, 4.69) is 16.1 Å². The van der Waals surface area contributed by atoms with Crippen LogP contribution < -0.4 is 4.90 Å². The van der Waals surface area contributed by atoms with E-state index in [4.69, 9.17) is 21.4 Å². The van der Waals surface area contributed by atoms with Gasteiger partial charge in [0.25, 0.3) is 5.91 Å².